The molecule has 0 saturated carbocycles. The molecule has 160 valence electrons. The summed E-state index contributed by atoms with van der Waals surface area (Å²) < 4.78 is 0. The van der Waals surface area contributed by atoms with Crippen LogP contribution in [0.5, 0.6) is 0 Å². The molecule has 0 fully saturated rings. The second kappa shape index (κ2) is 28.5. The van der Waals surface area contributed by atoms with Crippen LogP contribution in [0.25, 0.3) is 0 Å². The van der Waals surface area contributed by atoms with E-state index in [1.54, 1.807) is 21.0 Å². The highest BCUT2D eigenvalue weighted by Crippen LogP contribution is 2.01. The van der Waals surface area contributed by atoms with Gasteiger partial charge in [0.15, 0.2) is 0 Å². The quantitative estimate of drug-likeness (QED) is 0.693. The molecule has 6 nitrogen and oxygen atoms in total. The molecule has 3 N–H and O–H groups in total. The molecule has 0 saturated heterocycles. The van der Waals surface area contributed by atoms with E-state index in [0.717, 1.165) is 0 Å². The van der Waals surface area contributed by atoms with E-state index >= 15 is 0 Å². The molecule has 0 aliphatic rings. The van der Waals surface area contributed by atoms with Crippen molar-refractivity contribution in [2.75, 3.05) is 20.6 Å². The lowest BCUT2D eigenvalue weighted by atomic mass is 10.0. The number of carbonyl (C=O) groups excluding carboxylic acids is 3. The van der Waals surface area contributed by atoms with Crippen molar-refractivity contribution < 1.29 is 14.4 Å². The van der Waals surface area contributed by atoms with E-state index < -0.39 is 6.04 Å². The van der Waals surface area contributed by atoms with E-state index in [1.165, 1.54) is 11.3 Å². The Morgan fingerprint density at radius 2 is 1.42 bits per heavy atom. The van der Waals surface area contributed by atoms with Crippen LogP contribution in [0, 0.1) is 5.92 Å². The van der Waals surface area contributed by atoms with Crippen LogP contribution in [0.4, 0.5) is 0 Å². The second-order valence-corrected chi connectivity index (χ2v) is 5.48. The smallest absolute Gasteiger partial charge is 0.239 e. The molecular formula is C20H47N3O3. The Kier molecular flexibility index (Phi) is 39.3. The average molecular weight is 378 g/mol. The fourth-order valence-corrected chi connectivity index (χ4v) is 0.945. The summed E-state index contributed by atoms with van der Waals surface area (Å²) in [4.78, 5) is 33.0. The van der Waals surface area contributed by atoms with Crippen molar-refractivity contribution >= 4 is 18.0 Å². The number of amides is 1. The summed E-state index contributed by atoms with van der Waals surface area (Å²) >= 11 is 0. The van der Waals surface area contributed by atoms with Crippen LogP contribution >= 0.6 is 0 Å². The summed E-state index contributed by atoms with van der Waals surface area (Å²) in [6, 6.07) is -0.491. The van der Waals surface area contributed by atoms with Gasteiger partial charge in [-0.1, -0.05) is 61.8 Å². The zero-order valence-corrected chi connectivity index (χ0v) is 19.5. The van der Waals surface area contributed by atoms with Gasteiger partial charge in [0, 0.05) is 7.05 Å². The SMILES string of the molecule is CC.CC.CC(C)C(N)C(=O)N(C)CC=O.CCC.CN[C@@H](C)C(C)=O. The van der Waals surface area contributed by atoms with Gasteiger partial charge in [0.1, 0.15) is 12.1 Å². The summed E-state index contributed by atoms with van der Waals surface area (Å²) in [5, 5.41) is 2.81. The van der Waals surface area contributed by atoms with Gasteiger partial charge in [0.2, 0.25) is 5.91 Å². The Morgan fingerprint density at radius 1 is 1.08 bits per heavy atom. The molecule has 0 radical (unpaired) electrons. The number of Topliss-reactive ketones (excluding diaryl/α,β-unsaturated/α-hetero) is 1. The Hall–Kier alpha value is -1.27. The van der Waals surface area contributed by atoms with Gasteiger partial charge in [-0.2, -0.15) is 0 Å². The Morgan fingerprint density at radius 3 is 1.58 bits per heavy atom. The standard InChI is InChI=1S/C8H16N2O2.C5H11NO.C3H8.2C2H6/c1-6(2)7(9)8(12)10(3)4-5-11;1-4(6-3)5(2)7;1-3-2;2*1-2/h5-7H,4,9H2,1-3H3;4,6H,1-3H3;3H2,1-2H3;2*1-2H3/t;4-;;;/m.0.../s1. The first-order chi connectivity index (χ1) is 12.1. The highest BCUT2D eigenvalue weighted by Gasteiger charge is 2.20. The average Bonchev–Trinajstić information content (AvgIpc) is 2.64. The molecule has 0 spiro atoms. The maximum atomic E-state index is 11.3. The third-order valence-electron chi connectivity index (χ3n) is 2.77. The third kappa shape index (κ3) is 27.6. The summed E-state index contributed by atoms with van der Waals surface area (Å²) in [7, 11) is 3.34. The molecule has 0 bridgehead atoms. The van der Waals surface area contributed by atoms with Gasteiger partial charge in [-0.05, 0) is 26.8 Å². The molecule has 6 heteroatoms. The number of rotatable bonds is 6. The molecule has 0 aliphatic heterocycles. The van der Waals surface area contributed by atoms with Crippen LogP contribution in [0.3, 0.4) is 0 Å². The molecule has 1 amide bonds. The third-order valence-corrected chi connectivity index (χ3v) is 2.77. The van der Waals surface area contributed by atoms with E-state index in [-0.39, 0.29) is 30.2 Å². The van der Waals surface area contributed by atoms with E-state index in [4.69, 9.17) is 5.73 Å². The maximum absolute atomic E-state index is 11.3. The molecular weight excluding hydrogens is 330 g/mol. The van der Waals surface area contributed by atoms with E-state index in [9.17, 15) is 14.4 Å². The van der Waals surface area contributed by atoms with Gasteiger partial charge in [0.25, 0.3) is 0 Å². The van der Waals surface area contributed by atoms with Gasteiger partial charge < -0.3 is 20.7 Å². The van der Waals surface area contributed by atoms with Crippen LogP contribution in [0.2, 0.25) is 0 Å². The monoisotopic (exact) mass is 377 g/mol. The Labute approximate surface area is 163 Å². The molecule has 0 aromatic rings. The first-order valence-electron chi connectivity index (χ1n) is 9.72. The number of hydrogen-bond acceptors (Lipinski definition) is 5. The maximum Gasteiger partial charge on any atom is 0.239 e. The molecule has 26 heavy (non-hydrogen) atoms. The van der Waals surface area contributed by atoms with E-state index in [0.29, 0.717) is 6.29 Å². The lowest BCUT2D eigenvalue weighted by Gasteiger charge is -2.21. The Bertz CT molecular complexity index is 309. The van der Waals surface area contributed by atoms with Crippen molar-refractivity contribution in [1.29, 1.82) is 0 Å². The lowest BCUT2D eigenvalue weighted by molar-refractivity contribution is -0.133. The number of hydrogen-bond donors (Lipinski definition) is 2. The van der Waals surface area contributed by atoms with Crippen molar-refractivity contribution in [3.8, 4) is 0 Å². The van der Waals surface area contributed by atoms with Crippen LogP contribution in [0.1, 0.15) is 75.7 Å². The predicted octanol–water partition coefficient (Wildman–Crippen LogP) is 3.28. The van der Waals surface area contributed by atoms with Gasteiger partial charge in [-0.25, -0.2) is 0 Å². The number of likely N-dealkylation sites (N-methyl/N-ethyl adjacent to an activating group) is 2. The summed E-state index contributed by atoms with van der Waals surface area (Å²) in [5.74, 6) is 0.103. The first-order valence-corrected chi connectivity index (χ1v) is 9.72. The molecule has 1 unspecified atom stereocenters. The lowest BCUT2D eigenvalue weighted by Crippen LogP contribution is -2.45. The topological polar surface area (TPSA) is 92.5 Å². The predicted molar refractivity (Wildman–Crippen MR) is 114 cm³/mol. The van der Waals surface area contributed by atoms with Crippen molar-refractivity contribution in [3.05, 3.63) is 0 Å². The van der Waals surface area contributed by atoms with E-state index in [1.807, 2.05) is 48.5 Å². The number of carbonyl (C=O) groups is 3. The zero-order chi connectivity index (χ0) is 22.3. The van der Waals surface area contributed by atoms with Crippen LogP contribution in [0.15, 0.2) is 0 Å². The second-order valence-electron chi connectivity index (χ2n) is 5.48. The van der Waals surface area contributed by atoms with Crippen molar-refractivity contribution in [3.63, 3.8) is 0 Å². The van der Waals surface area contributed by atoms with Gasteiger partial charge in [-0.15, -0.1) is 0 Å². The van der Waals surface area contributed by atoms with Gasteiger partial charge >= 0.3 is 0 Å². The van der Waals surface area contributed by atoms with Crippen molar-refractivity contribution in [2.45, 2.75) is 87.7 Å². The normalized spacial score (nSPS) is 10.7. The summed E-state index contributed by atoms with van der Waals surface area (Å²) in [6.07, 6.45) is 1.94. The molecule has 0 aromatic carbocycles. The number of nitrogens with one attached hydrogen (secondary N) is 1. The largest absolute Gasteiger partial charge is 0.337 e. The zero-order valence-electron chi connectivity index (χ0n) is 19.5. The summed E-state index contributed by atoms with van der Waals surface area (Å²) in [6.45, 7) is 19.5. The number of nitrogens with two attached hydrogens (primary N) is 1. The van der Waals surface area contributed by atoms with Crippen molar-refractivity contribution in [1.82, 2.24) is 10.2 Å². The number of ketones is 1. The van der Waals surface area contributed by atoms with Crippen LogP contribution < -0.4 is 11.1 Å². The van der Waals surface area contributed by atoms with E-state index in [2.05, 4.69) is 19.2 Å². The minimum Gasteiger partial charge on any atom is -0.337 e. The molecule has 0 aromatic heterocycles. The van der Waals surface area contributed by atoms with Gasteiger partial charge in [-0.3, -0.25) is 9.59 Å². The summed E-state index contributed by atoms with van der Waals surface area (Å²) in [5.41, 5.74) is 5.58. The molecule has 2 atom stereocenters. The molecule has 0 rings (SSSR count). The van der Waals surface area contributed by atoms with Crippen molar-refractivity contribution in [2.24, 2.45) is 11.7 Å². The fourth-order valence-electron chi connectivity index (χ4n) is 0.945. The molecule has 0 heterocycles. The Balaban J connectivity index is -0.0000000890. The minimum absolute atomic E-state index is 0.0139. The highest BCUT2D eigenvalue weighted by atomic mass is 16.2. The molecule has 0 aliphatic carbocycles. The van der Waals surface area contributed by atoms with Crippen LogP contribution in [-0.4, -0.2) is 55.6 Å². The fraction of sp³-hybridized carbons (Fsp3) is 0.850. The first kappa shape index (κ1) is 35.8. The number of nitrogens with zero attached hydrogens (tertiary/aromatic N) is 1. The highest BCUT2D eigenvalue weighted by molar-refractivity contribution is 5.83. The van der Waals surface area contributed by atoms with Gasteiger partial charge in [0.05, 0.1) is 18.6 Å². The van der Waals surface area contributed by atoms with Crippen LogP contribution in [-0.2, 0) is 14.4 Å². The number of aldehydes is 1. The minimum atomic E-state index is -0.505.